The topological polar surface area (TPSA) is 61.4 Å². The fourth-order valence-electron chi connectivity index (χ4n) is 3.60. The minimum absolute atomic E-state index is 0.0380. The number of anilines is 1. The van der Waals surface area contributed by atoms with Crippen molar-refractivity contribution in [1.82, 2.24) is 10.2 Å². The lowest BCUT2D eigenvalue weighted by Crippen LogP contribution is -2.36. The molecule has 1 unspecified atom stereocenters. The number of rotatable bonds is 7. The van der Waals surface area contributed by atoms with Crippen LogP contribution in [0.25, 0.3) is 0 Å². The average molecular weight is 432 g/mol. The van der Waals surface area contributed by atoms with Crippen LogP contribution in [0.2, 0.25) is 5.02 Å². The molecule has 0 radical (unpaired) electrons. The fourth-order valence-corrected chi connectivity index (χ4v) is 3.86. The number of hydrogen-bond donors (Lipinski definition) is 2. The Labute approximate surface area is 181 Å². The van der Waals surface area contributed by atoms with E-state index in [1.165, 1.54) is 37.0 Å². The standard InChI is InChI=1S/C23H27ClFN3O2/c1-16-4-2-3-13-28(16)15-17-5-8-19(9-6-17)27-22(29)11-12-26-23(30)20-10-7-18(25)14-21(20)24/h5-10,14,16H,2-4,11-13,15H2,1H3,(H,26,30)(H,27,29). The van der Waals surface area contributed by atoms with Crippen LogP contribution in [0.5, 0.6) is 0 Å². The molecule has 1 atom stereocenters. The van der Waals surface area contributed by atoms with Crippen molar-refractivity contribution in [3.05, 3.63) is 64.4 Å². The smallest absolute Gasteiger partial charge is 0.252 e. The molecule has 0 bridgehead atoms. The SMILES string of the molecule is CC1CCCCN1Cc1ccc(NC(=O)CCNC(=O)c2ccc(F)cc2Cl)cc1. The summed E-state index contributed by atoms with van der Waals surface area (Å²) in [5.74, 6) is -1.14. The van der Waals surface area contributed by atoms with Crippen LogP contribution in [0.15, 0.2) is 42.5 Å². The lowest BCUT2D eigenvalue weighted by Gasteiger charge is -2.33. The lowest BCUT2D eigenvalue weighted by atomic mass is 10.0. The number of carbonyl (C=O) groups excluding carboxylic acids is 2. The van der Waals surface area contributed by atoms with Crippen molar-refractivity contribution in [3.63, 3.8) is 0 Å². The molecule has 0 spiro atoms. The van der Waals surface area contributed by atoms with Gasteiger partial charge >= 0.3 is 0 Å². The average Bonchev–Trinajstić information content (AvgIpc) is 2.71. The van der Waals surface area contributed by atoms with Crippen LogP contribution in [0.3, 0.4) is 0 Å². The summed E-state index contributed by atoms with van der Waals surface area (Å²) in [5.41, 5.74) is 2.13. The van der Waals surface area contributed by atoms with Crippen molar-refractivity contribution in [2.75, 3.05) is 18.4 Å². The molecule has 2 N–H and O–H groups in total. The minimum atomic E-state index is -0.507. The molecule has 0 aromatic heterocycles. The molecule has 1 fully saturated rings. The van der Waals surface area contributed by atoms with Crippen LogP contribution < -0.4 is 10.6 Å². The van der Waals surface area contributed by atoms with Gasteiger partial charge in [-0.3, -0.25) is 14.5 Å². The molecule has 160 valence electrons. The molecule has 3 rings (SSSR count). The van der Waals surface area contributed by atoms with Crippen molar-refractivity contribution < 1.29 is 14.0 Å². The van der Waals surface area contributed by atoms with Gasteiger partial charge in [-0.15, -0.1) is 0 Å². The van der Waals surface area contributed by atoms with E-state index in [1.54, 1.807) is 0 Å². The molecule has 2 aromatic carbocycles. The van der Waals surface area contributed by atoms with Crippen molar-refractivity contribution in [3.8, 4) is 0 Å². The van der Waals surface area contributed by atoms with Gasteiger partial charge in [-0.25, -0.2) is 4.39 Å². The molecular weight excluding hydrogens is 405 g/mol. The Hall–Kier alpha value is -2.44. The van der Waals surface area contributed by atoms with E-state index in [0.29, 0.717) is 6.04 Å². The van der Waals surface area contributed by atoms with E-state index in [4.69, 9.17) is 11.6 Å². The Kier molecular flexibility index (Phi) is 7.82. The highest BCUT2D eigenvalue weighted by Gasteiger charge is 2.18. The van der Waals surface area contributed by atoms with Crippen molar-refractivity contribution in [1.29, 1.82) is 0 Å². The molecule has 5 nitrogen and oxygen atoms in total. The third-order valence-corrected chi connectivity index (χ3v) is 5.69. The number of piperidine rings is 1. The summed E-state index contributed by atoms with van der Waals surface area (Å²) < 4.78 is 13.1. The zero-order valence-electron chi connectivity index (χ0n) is 17.1. The molecule has 30 heavy (non-hydrogen) atoms. The van der Waals surface area contributed by atoms with Crippen LogP contribution in [-0.4, -0.2) is 35.8 Å². The minimum Gasteiger partial charge on any atom is -0.351 e. The van der Waals surface area contributed by atoms with Crippen molar-refractivity contribution >= 4 is 29.1 Å². The molecular formula is C23H27ClFN3O2. The Morgan fingerprint density at radius 3 is 2.63 bits per heavy atom. The van der Waals surface area contributed by atoms with Crippen molar-refractivity contribution in [2.45, 2.75) is 45.2 Å². The summed E-state index contributed by atoms with van der Waals surface area (Å²) in [6, 6.07) is 12.1. The monoisotopic (exact) mass is 431 g/mol. The summed E-state index contributed by atoms with van der Waals surface area (Å²) in [5, 5.41) is 5.49. The summed E-state index contributed by atoms with van der Waals surface area (Å²) in [4.78, 5) is 26.7. The van der Waals surface area contributed by atoms with Gasteiger partial charge in [0.25, 0.3) is 5.91 Å². The van der Waals surface area contributed by atoms with E-state index in [2.05, 4.69) is 22.5 Å². The Bertz CT molecular complexity index is 889. The largest absolute Gasteiger partial charge is 0.351 e. The third-order valence-electron chi connectivity index (χ3n) is 5.38. The second kappa shape index (κ2) is 10.5. The quantitative estimate of drug-likeness (QED) is 0.672. The number of likely N-dealkylation sites (tertiary alicyclic amines) is 1. The molecule has 1 aliphatic heterocycles. The van der Waals surface area contributed by atoms with Crippen LogP contribution >= 0.6 is 11.6 Å². The van der Waals surface area contributed by atoms with Gasteiger partial charge in [-0.05, 0) is 62.2 Å². The second-order valence-electron chi connectivity index (χ2n) is 7.69. The van der Waals surface area contributed by atoms with E-state index in [-0.39, 0.29) is 29.5 Å². The van der Waals surface area contributed by atoms with E-state index >= 15 is 0 Å². The normalized spacial score (nSPS) is 16.8. The summed E-state index contributed by atoms with van der Waals surface area (Å²) >= 11 is 5.87. The van der Waals surface area contributed by atoms with Crippen molar-refractivity contribution in [2.24, 2.45) is 0 Å². The van der Waals surface area contributed by atoms with Crippen LogP contribution in [0, 0.1) is 5.82 Å². The first-order valence-electron chi connectivity index (χ1n) is 10.3. The van der Waals surface area contributed by atoms with Gasteiger partial charge < -0.3 is 10.6 Å². The van der Waals surface area contributed by atoms with Crippen LogP contribution in [0.1, 0.15) is 48.5 Å². The molecule has 2 amide bonds. The lowest BCUT2D eigenvalue weighted by molar-refractivity contribution is -0.116. The van der Waals surface area contributed by atoms with Gasteiger partial charge in [0, 0.05) is 31.2 Å². The summed E-state index contributed by atoms with van der Waals surface area (Å²) in [6.07, 6.45) is 3.93. The number of benzene rings is 2. The van der Waals surface area contributed by atoms with Gasteiger partial charge in [-0.2, -0.15) is 0 Å². The predicted octanol–water partition coefficient (Wildman–Crippen LogP) is 4.61. The maximum Gasteiger partial charge on any atom is 0.252 e. The molecule has 2 aromatic rings. The Morgan fingerprint density at radius 1 is 1.17 bits per heavy atom. The van der Waals surface area contributed by atoms with Crippen LogP contribution in [0.4, 0.5) is 10.1 Å². The molecule has 1 saturated heterocycles. The molecule has 1 aliphatic rings. The maximum atomic E-state index is 13.1. The Balaban J connectivity index is 1.42. The molecule has 1 heterocycles. The number of nitrogens with zero attached hydrogens (tertiary/aromatic N) is 1. The number of nitrogens with one attached hydrogen (secondary N) is 2. The molecule has 0 aliphatic carbocycles. The van der Waals surface area contributed by atoms with Gasteiger partial charge in [0.2, 0.25) is 5.91 Å². The highest BCUT2D eigenvalue weighted by Crippen LogP contribution is 2.20. The Morgan fingerprint density at radius 2 is 1.93 bits per heavy atom. The maximum absolute atomic E-state index is 13.1. The third kappa shape index (κ3) is 6.28. The van der Waals surface area contributed by atoms with Gasteiger partial charge in [-0.1, -0.05) is 30.2 Å². The fraction of sp³-hybridized carbons (Fsp3) is 0.391. The van der Waals surface area contributed by atoms with E-state index < -0.39 is 11.7 Å². The molecule has 7 heteroatoms. The molecule has 0 saturated carbocycles. The summed E-state index contributed by atoms with van der Waals surface area (Å²) in [7, 11) is 0. The van der Waals surface area contributed by atoms with E-state index in [0.717, 1.165) is 24.8 Å². The first-order valence-corrected chi connectivity index (χ1v) is 10.7. The first kappa shape index (κ1) is 22.2. The number of amides is 2. The summed E-state index contributed by atoms with van der Waals surface area (Å²) in [6.45, 7) is 4.49. The van der Waals surface area contributed by atoms with E-state index in [1.807, 2.05) is 24.3 Å². The zero-order chi connectivity index (χ0) is 21.5. The first-order chi connectivity index (χ1) is 14.4. The van der Waals surface area contributed by atoms with Gasteiger partial charge in [0.1, 0.15) is 5.82 Å². The van der Waals surface area contributed by atoms with Crippen LogP contribution in [-0.2, 0) is 11.3 Å². The number of carbonyl (C=O) groups is 2. The van der Waals surface area contributed by atoms with Gasteiger partial charge in [0.05, 0.1) is 10.6 Å². The zero-order valence-corrected chi connectivity index (χ0v) is 17.8. The number of halogens is 2. The highest BCUT2D eigenvalue weighted by molar-refractivity contribution is 6.33. The number of hydrogen-bond acceptors (Lipinski definition) is 3. The van der Waals surface area contributed by atoms with Gasteiger partial charge in [0.15, 0.2) is 0 Å². The predicted molar refractivity (Wildman–Crippen MR) is 117 cm³/mol. The highest BCUT2D eigenvalue weighted by atomic mass is 35.5. The second-order valence-corrected chi connectivity index (χ2v) is 8.10. The van der Waals surface area contributed by atoms with E-state index in [9.17, 15) is 14.0 Å².